The molecule has 5 nitrogen and oxygen atoms in total. The highest BCUT2D eigenvalue weighted by atomic mass is 16.5. The summed E-state index contributed by atoms with van der Waals surface area (Å²) in [5.74, 6) is 1.67. The van der Waals surface area contributed by atoms with E-state index in [0.29, 0.717) is 36.3 Å². The summed E-state index contributed by atoms with van der Waals surface area (Å²) in [6, 6.07) is 17.8. The van der Waals surface area contributed by atoms with Crippen LogP contribution in [0.2, 0.25) is 0 Å². The van der Waals surface area contributed by atoms with Crippen LogP contribution in [0, 0.1) is 0 Å². The van der Waals surface area contributed by atoms with Gasteiger partial charge in [0.25, 0.3) is 5.91 Å². The summed E-state index contributed by atoms with van der Waals surface area (Å²) in [6.45, 7) is 2.91. The van der Waals surface area contributed by atoms with Gasteiger partial charge < -0.3 is 9.42 Å². The molecule has 1 aromatic heterocycles. The third kappa shape index (κ3) is 3.52. The van der Waals surface area contributed by atoms with Gasteiger partial charge in [-0.25, -0.2) is 0 Å². The van der Waals surface area contributed by atoms with Crippen molar-refractivity contribution in [2.45, 2.75) is 32.2 Å². The monoisotopic (exact) mass is 347 g/mol. The lowest BCUT2D eigenvalue weighted by Crippen LogP contribution is -2.30. The van der Waals surface area contributed by atoms with Crippen LogP contribution in [-0.2, 0) is 6.54 Å². The van der Waals surface area contributed by atoms with Gasteiger partial charge in [-0.3, -0.25) is 4.79 Å². The molecule has 1 aliphatic carbocycles. The maximum Gasteiger partial charge on any atom is 0.254 e. The van der Waals surface area contributed by atoms with Crippen LogP contribution in [0.4, 0.5) is 0 Å². The fourth-order valence-electron chi connectivity index (χ4n) is 2.97. The van der Waals surface area contributed by atoms with E-state index in [4.69, 9.17) is 4.52 Å². The molecule has 0 aliphatic heterocycles. The van der Waals surface area contributed by atoms with Crippen LogP contribution >= 0.6 is 0 Å². The average Bonchev–Trinajstić information content (AvgIpc) is 3.45. The zero-order chi connectivity index (χ0) is 17.9. The molecule has 2 aromatic carbocycles. The number of hydrogen-bond acceptors (Lipinski definition) is 4. The van der Waals surface area contributed by atoms with Crippen molar-refractivity contribution in [3.63, 3.8) is 0 Å². The zero-order valence-electron chi connectivity index (χ0n) is 14.8. The summed E-state index contributed by atoms with van der Waals surface area (Å²) in [4.78, 5) is 19.1. The molecule has 0 spiro atoms. The Balaban J connectivity index is 1.52. The predicted molar refractivity (Wildman–Crippen MR) is 98.6 cm³/mol. The van der Waals surface area contributed by atoms with E-state index in [-0.39, 0.29) is 5.91 Å². The Morgan fingerprint density at radius 1 is 1.12 bits per heavy atom. The van der Waals surface area contributed by atoms with Crippen LogP contribution in [0.15, 0.2) is 59.1 Å². The first kappa shape index (κ1) is 16.5. The molecule has 3 aromatic rings. The van der Waals surface area contributed by atoms with Gasteiger partial charge in [-0.15, -0.1) is 0 Å². The molecule has 1 fully saturated rings. The molecule has 132 valence electrons. The lowest BCUT2D eigenvalue weighted by atomic mass is 10.0. The van der Waals surface area contributed by atoms with Gasteiger partial charge in [-0.1, -0.05) is 47.6 Å². The molecule has 0 bridgehead atoms. The summed E-state index contributed by atoms with van der Waals surface area (Å²) >= 11 is 0. The first-order valence-corrected chi connectivity index (χ1v) is 9.02. The highest BCUT2D eigenvalue weighted by molar-refractivity contribution is 5.95. The predicted octanol–water partition coefficient (Wildman–Crippen LogP) is 4.28. The largest absolute Gasteiger partial charge is 0.339 e. The number of rotatable bonds is 6. The van der Waals surface area contributed by atoms with Crippen molar-refractivity contribution in [2.75, 3.05) is 6.54 Å². The Hall–Kier alpha value is -2.95. The average molecular weight is 347 g/mol. The summed E-state index contributed by atoms with van der Waals surface area (Å²) in [7, 11) is 0. The molecule has 5 heteroatoms. The van der Waals surface area contributed by atoms with E-state index in [2.05, 4.69) is 10.1 Å². The smallest absolute Gasteiger partial charge is 0.254 e. The molecular weight excluding hydrogens is 326 g/mol. The fraction of sp³-hybridized carbons (Fsp3) is 0.286. The lowest BCUT2D eigenvalue weighted by Gasteiger charge is -2.19. The van der Waals surface area contributed by atoms with Gasteiger partial charge in [0.1, 0.15) is 0 Å². The van der Waals surface area contributed by atoms with E-state index in [1.807, 2.05) is 61.5 Å². The molecule has 26 heavy (non-hydrogen) atoms. The van der Waals surface area contributed by atoms with Gasteiger partial charge in [0.15, 0.2) is 5.82 Å². The Morgan fingerprint density at radius 3 is 2.62 bits per heavy atom. The van der Waals surface area contributed by atoms with E-state index < -0.39 is 0 Å². The van der Waals surface area contributed by atoms with E-state index in [0.717, 1.165) is 24.0 Å². The molecule has 0 radical (unpaired) electrons. The highest BCUT2D eigenvalue weighted by Crippen LogP contribution is 2.38. The van der Waals surface area contributed by atoms with E-state index in [1.165, 1.54) is 0 Å². The first-order chi connectivity index (χ1) is 12.7. The molecule has 1 aliphatic rings. The van der Waals surface area contributed by atoms with Crippen molar-refractivity contribution >= 4 is 5.91 Å². The van der Waals surface area contributed by atoms with Crippen LogP contribution in [0.1, 0.15) is 47.8 Å². The van der Waals surface area contributed by atoms with Crippen molar-refractivity contribution in [3.05, 3.63) is 71.9 Å². The minimum absolute atomic E-state index is 0.0250. The normalized spacial score (nSPS) is 13.6. The number of carbonyl (C=O) groups is 1. The first-order valence-electron chi connectivity index (χ1n) is 9.02. The SMILES string of the molecule is CCN(Cc1noc(C2CC2)n1)C(=O)c1cccc(-c2ccccc2)c1. The van der Waals surface area contributed by atoms with Crippen molar-refractivity contribution < 1.29 is 9.32 Å². The molecule has 0 unspecified atom stereocenters. The van der Waals surface area contributed by atoms with Gasteiger partial charge in [-0.2, -0.15) is 4.98 Å². The van der Waals surface area contributed by atoms with Crippen molar-refractivity contribution in [1.82, 2.24) is 15.0 Å². The second kappa shape index (κ2) is 7.12. The standard InChI is InChI=1S/C21H21N3O2/c1-2-24(14-19-22-20(26-23-19)16-11-12-16)21(25)18-10-6-9-17(13-18)15-7-4-3-5-8-15/h3-10,13,16H,2,11-12,14H2,1H3. The minimum atomic E-state index is -0.0250. The second-order valence-electron chi connectivity index (χ2n) is 6.59. The van der Waals surface area contributed by atoms with Crippen molar-refractivity contribution in [1.29, 1.82) is 0 Å². The quantitative estimate of drug-likeness (QED) is 0.668. The number of hydrogen-bond donors (Lipinski definition) is 0. The number of nitrogens with zero attached hydrogens (tertiary/aromatic N) is 3. The zero-order valence-corrected chi connectivity index (χ0v) is 14.8. The molecule has 1 heterocycles. The number of carbonyl (C=O) groups excluding carboxylic acids is 1. The number of benzene rings is 2. The fourth-order valence-corrected chi connectivity index (χ4v) is 2.97. The Morgan fingerprint density at radius 2 is 1.88 bits per heavy atom. The Kier molecular flexibility index (Phi) is 4.52. The summed E-state index contributed by atoms with van der Waals surface area (Å²) < 4.78 is 5.30. The molecule has 0 saturated heterocycles. The van der Waals surface area contributed by atoms with Crippen LogP contribution in [0.5, 0.6) is 0 Å². The van der Waals surface area contributed by atoms with Crippen LogP contribution in [-0.4, -0.2) is 27.5 Å². The maximum atomic E-state index is 13.0. The Labute approximate surface area is 152 Å². The van der Waals surface area contributed by atoms with Crippen molar-refractivity contribution in [3.8, 4) is 11.1 Å². The number of amides is 1. The van der Waals surface area contributed by atoms with Crippen LogP contribution < -0.4 is 0 Å². The molecule has 1 saturated carbocycles. The van der Waals surface area contributed by atoms with Gasteiger partial charge in [0.2, 0.25) is 5.89 Å². The Bertz CT molecular complexity index is 900. The van der Waals surface area contributed by atoms with Gasteiger partial charge >= 0.3 is 0 Å². The summed E-state index contributed by atoms with van der Waals surface area (Å²) in [6.07, 6.45) is 2.23. The number of aromatic nitrogens is 2. The summed E-state index contributed by atoms with van der Waals surface area (Å²) in [5, 5.41) is 4.03. The van der Waals surface area contributed by atoms with Gasteiger partial charge in [0.05, 0.1) is 6.54 Å². The third-order valence-corrected chi connectivity index (χ3v) is 4.63. The van der Waals surface area contributed by atoms with Gasteiger partial charge in [-0.05, 0) is 43.0 Å². The highest BCUT2D eigenvalue weighted by Gasteiger charge is 2.30. The summed E-state index contributed by atoms with van der Waals surface area (Å²) in [5.41, 5.74) is 2.79. The third-order valence-electron chi connectivity index (χ3n) is 4.63. The topological polar surface area (TPSA) is 59.2 Å². The van der Waals surface area contributed by atoms with E-state index in [1.54, 1.807) is 4.90 Å². The molecule has 4 rings (SSSR count). The van der Waals surface area contributed by atoms with Crippen molar-refractivity contribution in [2.24, 2.45) is 0 Å². The molecule has 0 atom stereocenters. The molecule has 1 amide bonds. The maximum absolute atomic E-state index is 13.0. The van der Waals surface area contributed by atoms with E-state index >= 15 is 0 Å². The van der Waals surface area contributed by atoms with Crippen LogP contribution in [0.3, 0.4) is 0 Å². The van der Waals surface area contributed by atoms with Crippen LogP contribution in [0.25, 0.3) is 11.1 Å². The molecule has 0 N–H and O–H groups in total. The van der Waals surface area contributed by atoms with Gasteiger partial charge in [0, 0.05) is 18.0 Å². The molecular formula is C21H21N3O2. The lowest BCUT2D eigenvalue weighted by molar-refractivity contribution is 0.0747. The second-order valence-corrected chi connectivity index (χ2v) is 6.59. The minimum Gasteiger partial charge on any atom is -0.339 e. The van der Waals surface area contributed by atoms with E-state index in [9.17, 15) is 4.79 Å².